The van der Waals surface area contributed by atoms with Crippen molar-refractivity contribution < 1.29 is 0 Å². The van der Waals surface area contributed by atoms with Crippen LogP contribution in [-0.4, -0.2) is 4.98 Å². The van der Waals surface area contributed by atoms with Gasteiger partial charge in [-0.1, -0.05) is 48.6 Å². The van der Waals surface area contributed by atoms with Crippen LogP contribution in [0.1, 0.15) is 22.3 Å². The number of pyridine rings is 1. The summed E-state index contributed by atoms with van der Waals surface area (Å²) < 4.78 is 0. The number of nitrogens with one attached hydrogen (secondary N) is 1. The van der Waals surface area contributed by atoms with Crippen molar-refractivity contribution in [3.8, 4) is 0 Å². The van der Waals surface area contributed by atoms with Crippen LogP contribution in [0.5, 0.6) is 0 Å². The molecular weight excluding hydrogens is 280 g/mol. The fourth-order valence-electron chi connectivity index (χ4n) is 2.90. The van der Waals surface area contributed by atoms with Crippen molar-refractivity contribution in [1.82, 2.24) is 4.98 Å². The Balaban J connectivity index is 1.80. The van der Waals surface area contributed by atoms with Gasteiger partial charge in [-0.3, -0.25) is 0 Å². The Bertz CT molecular complexity index is 865. The van der Waals surface area contributed by atoms with Crippen molar-refractivity contribution >= 4 is 23.7 Å². The van der Waals surface area contributed by atoms with Gasteiger partial charge in [-0.05, 0) is 59.4 Å². The molecule has 0 amide bonds. The molecule has 3 aromatic rings. The number of nitrogens with zero attached hydrogens (tertiary/aromatic N) is 1. The number of benzene rings is 2. The molecule has 0 spiro atoms. The molecule has 1 aliphatic heterocycles. The molecule has 23 heavy (non-hydrogen) atoms. The van der Waals surface area contributed by atoms with Gasteiger partial charge in [-0.25, -0.2) is 4.98 Å². The van der Waals surface area contributed by atoms with E-state index in [0.717, 1.165) is 24.3 Å². The highest BCUT2D eigenvalue weighted by atomic mass is 15.0. The number of rotatable bonds is 0. The Kier molecular flexibility index (Phi) is 3.65. The first kappa shape index (κ1) is 13.8. The molecule has 0 aliphatic carbocycles. The smallest absolute Gasteiger partial charge is 0.130 e. The predicted octanol–water partition coefficient (Wildman–Crippen LogP) is 5.09. The van der Waals surface area contributed by atoms with Crippen LogP contribution in [0.25, 0.3) is 12.2 Å². The maximum atomic E-state index is 4.43. The molecule has 0 saturated carbocycles. The number of hydrogen-bond acceptors (Lipinski definition) is 2. The van der Waals surface area contributed by atoms with E-state index in [1.54, 1.807) is 0 Å². The molecule has 1 aromatic heterocycles. The zero-order chi connectivity index (χ0) is 15.5. The lowest BCUT2D eigenvalue weighted by Crippen LogP contribution is -1.97. The number of anilines is 2. The molecule has 0 saturated heterocycles. The lowest BCUT2D eigenvalue weighted by atomic mass is 10.0. The first-order valence-electron chi connectivity index (χ1n) is 7.94. The van der Waals surface area contributed by atoms with Crippen LogP contribution in [0.3, 0.4) is 0 Å². The zero-order valence-corrected chi connectivity index (χ0v) is 12.9. The summed E-state index contributed by atoms with van der Waals surface area (Å²) in [5.41, 5.74) is 6.14. The van der Waals surface area contributed by atoms with Gasteiger partial charge < -0.3 is 5.32 Å². The predicted molar refractivity (Wildman–Crippen MR) is 96.7 cm³/mol. The Morgan fingerprint density at radius 3 is 2.35 bits per heavy atom. The van der Waals surface area contributed by atoms with E-state index in [-0.39, 0.29) is 0 Å². The molecule has 2 heteroatoms. The van der Waals surface area contributed by atoms with Crippen LogP contribution in [0.4, 0.5) is 11.5 Å². The highest BCUT2D eigenvalue weighted by Gasteiger charge is 2.02. The molecule has 0 atom stereocenters. The second-order valence-electron chi connectivity index (χ2n) is 5.88. The third-order valence-corrected chi connectivity index (χ3v) is 4.11. The van der Waals surface area contributed by atoms with Gasteiger partial charge in [0.05, 0.1) is 0 Å². The van der Waals surface area contributed by atoms with Gasteiger partial charge in [0.15, 0.2) is 0 Å². The van der Waals surface area contributed by atoms with E-state index < -0.39 is 0 Å². The molecule has 0 fully saturated rings. The third kappa shape index (κ3) is 3.32. The van der Waals surface area contributed by atoms with Crippen molar-refractivity contribution in [3.05, 3.63) is 89.1 Å². The Hall–Kier alpha value is -2.87. The average molecular weight is 298 g/mol. The van der Waals surface area contributed by atoms with Gasteiger partial charge in [-0.2, -0.15) is 0 Å². The minimum atomic E-state index is 0.898. The number of aryl methyl sites for hydroxylation is 2. The van der Waals surface area contributed by atoms with Gasteiger partial charge in [0.1, 0.15) is 5.82 Å². The lowest BCUT2D eigenvalue weighted by Gasteiger charge is -2.09. The van der Waals surface area contributed by atoms with Crippen LogP contribution in [0, 0.1) is 0 Å². The summed E-state index contributed by atoms with van der Waals surface area (Å²) in [4.78, 5) is 4.43. The van der Waals surface area contributed by atoms with Crippen LogP contribution in [-0.2, 0) is 12.8 Å². The van der Waals surface area contributed by atoms with E-state index in [4.69, 9.17) is 0 Å². The number of fused-ring (bicyclic) bond motifs is 6. The maximum absolute atomic E-state index is 4.43. The molecule has 1 N–H and O–H groups in total. The van der Waals surface area contributed by atoms with Gasteiger partial charge in [-0.15, -0.1) is 0 Å². The highest BCUT2D eigenvalue weighted by Crippen LogP contribution is 2.20. The fraction of sp³-hybridized carbons (Fsp3) is 0.0952. The normalized spacial score (nSPS) is 13.0. The van der Waals surface area contributed by atoms with Crippen molar-refractivity contribution in [1.29, 1.82) is 0 Å². The molecule has 2 nitrogen and oxygen atoms in total. The van der Waals surface area contributed by atoms with Gasteiger partial charge in [0, 0.05) is 11.9 Å². The second-order valence-corrected chi connectivity index (χ2v) is 5.88. The van der Waals surface area contributed by atoms with Gasteiger partial charge in [0.2, 0.25) is 0 Å². The van der Waals surface area contributed by atoms with Crippen LogP contribution in [0.15, 0.2) is 66.9 Å². The second kappa shape index (κ2) is 6.09. The molecule has 0 radical (unpaired) electrons. The van der Waals surface area contributed by atoms with Crippen molar-refractivity contribution in [2.75, 3.05) is 5.32 Å². The van der Waals surface area contributed by atoms with Crippen molar-refractivity contribution in [2.24, 2.45) is 0 Å². The molecule has 0 unspecified atom stereocenters. The van der Waals surface area contributed by atoms with Crippen molar-refractivity contribution in [3.63, 3.8) is 0 Å². The Morgan fingerprint density at radius 2 is 1.48 bits per heavy atom. The maximum Gasteiger partial charge on any atom is 0.130 e. The number of aromatic nitrogens is 1. The van der Waals surface area contributed by atoms with E-state index in [1.807, 2.05) is 6.20 Å². The first-order valence-corrected chi connectivity index (χ1v) is 7.94. The van der Waals surface area contributed by atoms with Crippen molar-refractivity contribution in [2.45, 2.75) is 12.8 Å². The molecule has 2 aromatic carbocycles. The molecule has 2 heterocycles. The summed E-state index contributed by atoms with van der Waals surface area (Å²) in [6, 6.07) is 21.4. The summed E-state index contributed by atoms with van der Waals surface area (Å²) in [6.07, 6.45) is 8.26. The van der Waals surface area contributed by atoms with E-state index >= 15 is 0 Å². The van der Waals surface area contributed by atoms with Gasteiger partial charge in [0.25, 0.3) is 0 Å². The quantitative estimate of drug-likeness (QED) is 0.625. The minimum Gasteiger partial charge on any atom is -0.340 e. The monoisotopic (exact) mass is 298 g/mol. The van der Waals surface area contributed by atoms with Crippen LogP contribution in [0.2, 0.25) is 0 Å². The summed E-state index contributed by atoms with van der Waals surface area (Å²) in [7, 11) is 0. The molecule has 6 bridgehead atoms. The molecule has 112 valence electrons. The number of hydrogen-bond donors (Lipinski definition) is 1. The first-order chi connectivity index (χ1) is 11.3. The molecule has 1 aliphatic rings. The summed E-state index contributed by atoms with van der Waals surface area (Å²) in [5.74, 6) is 0.898. The largest absolute Gasteiger partial charge is 0.340 e. The Morgan fingerprint density at radius 1 is 0.739 bits per heavy atom. The lowest BCUT2D eigenvalue weighted by molar-refractivity contribution is 0.955. The Labute approximate surface area is 136 Å². The fourth-order valence-corrected chi connectivity index (χ4v) is 2.90. The minimum absolute atomic E-state index is 0.898. The molecule has 4 rings (SSSR count). The standard InChI is InChI=1S/C21H18N2/c1-3-16-7-9-18-5-2-6-20(14-18)23-21-15-19(11-12-22-21)10-8-17(4-1)13-16/h1-7,9,11-15H,8,10H2,(H,22,23). The SMILES string of the molecule is C1=Cc2cccc(c2)Nc2cc(ccn2)CCc2cccc1c2. The van der Waals surface area contributed by atoms with E-state index in [9.17, 15) is 0 Å². The van der Waals surface area contributed by atoms with Gasteiger partial charge >= 0.3 is 0 Å². The summed E-state index contributed by atoms with van der Waals surface area (Å²) >= 11 is 0. The van der Waals surface area contributed by atoms with Crippen LogP contribution < -0.4 is 5.32 Å². The zero-order valence-electron chi connectivity index (χ0n) is 12.9. The third-order valence-electron chi connectivity index (χ3n) is 4.11. The van der Waals surface area contributed by atoms with E-state index in [0.29, 0.717) is 0 Å². The average Bonchev–Trinajstić information content (AvgIpc) is 2.59. The topological polar surface area (TPSA) is 24.9 Å². The van der Waals surface area contributed by atoms with Crippen LogP contribution >= 0.6 is 0 Å². The summed E-state index contributed by atoms with van der Waals surface area (Å²) in [6.45, 7) is 0. The highest BCUT2D eigenvalue weighted by molar-refractivity contribution is 5.72. The van der Waals surface area contributed by atoms with E-state index in [1.165, 1.54) is 22.3 Å². The summed E-state index contributed by atoms with van der Waals surface area (Å²) in [5, 5.41) is 3.40. The molecular formula is C21H18N2. The van der Waals surface area contributed by atoms with E-state index in [2.05, 4.69) is 83.1 Å².